The molecule has 1 saturated carbocycles. The lowest BCUT2D eigenvalue weighted by atomic mass is 10.0. The molecule has 88 valence electrons. The van der Waals surface area contributed by atoms with Crippen LogP contribution in [0.25, 0.3) is 0 Å². The molecule has 0 bridgehead atoms. The van der Waals surface area contributed by atoms with E-state index >= 15 is 0 Å². The molecule has 0 atom stereocenters. The van der Waals surface area contributed by atoms with E-state index in [4.69, 9.17) is 10.9 Å². The van der Waals surface area contributed by atoms with Gasteiger partial charge in [0.2, 0.25) is 0 Å². The molecule has 1 rings (SSSR count). The van der Waals surface area contributed by atoms with Gasteiger partial charge in [0, 0.05) is 19.0 Å². The van der Waals surface area contributed by atoms with Gasteiger partial charge < -0.3 is 16.3 Å². The summed E-state index contributed by atoms with van der Waals surface area (Å²) in [5.74, 6) is 0.360. The lowest BCUT2D eigenvalue weighted by Gasteiger charge is -2.20. The number of nitrogens with zero attached hydrogens (tertiary/aromatic N) is 1. The summed E-state index contributed by atoms with van der Waals surface area (Å²) in [5.41, 5.74) is 5.82. The number of rotatable bonds is 7. The number of nitrogens with two attached hydrogens (primary N) is 1. The molecule has 0 aliphatic heterocycles. The SMILES string of the molecule is CCC(CC)NCC1(CC(N)=NO)CC1. The standard InChI is InChI=1S/C11H23N3O/c1-3-9(4-2)13-8-11(5-6-11)7-10(12)14-15/h9,13,15H,3-8H2,1-2H3,(H2,12,14). The van der Waals surface area contributed by atoms with Gasteiger partial charge >= 0.3 is 0 Å². The van der Waals surface area contributed by atoms with Crippen molar-refractivity contribution in [2.45, 2.75) is 52.0 Å². The fourth-order valence-corrected chi connectivity index (χ4v) is 1.95. The second kappa shape index (κ2) is 5.35. The van der Waals surface area contributed by atoms with Crippen LogP contribution in [0.15, 0.2) is 5.16 Å². The third-order valence-electron chi connectivity index (χ3n) is 3.39. The molecule has 0 spiro atoms. The molecule has 4 heteroatoms. The zero-order valence-electron chi connectivity index (χ0n) is 9.79. The van der Waals surface area contributed by atoms with Crippen LogP contribution in [0.3, 0.4) is 0 Å². The molecule has 1 aliphatic carbocycles. The van der Waals surface area contributed by atoms with Crippen molar-refractivity contribution in [2.24, 2.45) is 16.3 Å². The number of oxime groups is 1. The predicted octanol–water partition coefficient (Wildman–Crippen LogP) is 1.68. The van der Waals surface area contributed by atoms with Crippen LogP contribution in [0.1, 0.15) is 46.0 Å². The Morgan fingerprint density at radius 1 is 1.47 bits per heavy atom. The molecule has 0 aromatic carbocycles. The number of hydrogen-bond donors (Lipinski definition) is 3. The van der Waals surface area contributed by atoms with Crippen LogP contribution >= 0.6 is 0 Å². The van der Waals surface area contributed by atoms with Gasteiger partial charge in [0.15, 0.2) is 0 Å². The minimum atomic E-state index is 0.277. The van der Waals surface area contributed by atoms with Gasteiger partial charge in [-0.15, -0.1) is 0 Å². The second-order valence-corrected chi connectivity index (χ2v) is 4.66. The van der Waals surface area contributed by atoms with Crippen molar-refractivity contribution in [3.8, 4) is 0 Å². The minimum absolute atomic E-state index is 0.277. The van der Waals surface area contributed by atoms with Gasteiger partial charge in [-0.25, -0.2) is 0 Å². The normalized spacial score (nSPS) is 19.5. The highest BCUT2D eigenvalue weighted by Crippen LogP contribution is 2.48. The predicted molar refractivity (Wildman–Crippen MR) is 62.1 cm³/mol. The van der Waals surface area contributed by atoms with E-state index in [-0.39, 0.29) is 5.41 Å². The molecular formula is C11H23N3O. The van der Waals surface area contributed by atoms with Gasteiger partial charge in [-0.2, -0.15) is 0 Å². The summed E-state index contributed by atoms with van der Waals surface area (Å²) in [6.07, 6.45) is 5.43. The van der Waals surface area contributed by atoms with Crippen molar-refractivity contribution in [3.63, 3.8) is 0 Å². The van der Waals surface area contributed by atoms with E-state index in [0.29, 0.717) is 11.9 Å². The van der Waals surface area contributed by atoms with E-state index in [2.05, 4.69) is 24.3 Å². The molecule has 0 amide bonds. The van der Waals surface area contributed by atoms with Crippen LogP contribution in [-0.2, 0) is 0 Å². The maximum absolute atomic E-state index is 8.54. The first kappa shape index (κ1) is 12.3. The van der Waals surface area contributed by atoms with Crippen LogP contribution in [0.4, 0.5) is 0 Å². The van der Waals surface area contributed by atoms with Gasteiger partial charge in [-0.3, -0.25) is 0 Å². The van der Waals surface area contributed by atoms with Crippen LogP contribution < -0.4 is 11.1 Å². The van der Waals surface area contributed by atoms with E-state index in [1.165, 1.54) is 12.8 Å². The molecule has 0 heterocycles. The molecule has 0 saturated heterocycles. The molecule has 1 fully saturated rings. The number of nitrogens with one attached hydrogen (secondary N) is 1. The Kier molecular flexibility index (Phi) is 4.39. The maximum Gasteiger partial charge on any atom is 0.139 e. The summed E-state index contributed by atoms with van der Waals surface area (Å²) in [4.78, 5) is 0. The van der Waals surface area contributed by atoms with Crippen molar-refractivity contribution in [1.82, 2.24) is 5.32 Å². The summed E-state index contributed by atoms with van der Waals surface area (Å²) >= 11 is 0. The molecule has 0 radical (unpaired) electrons. The third kappa shape index (κ3) is 3.70. The summed E-state index contributed by atoms with van der Waals surface area (Å²) in [5, 5.41) is 15.1. The van der Waals surface area contributed by atoms with E-state index < -0.39 is 0 Å². The van der Waals surface area contributed by atoms with Gasteiger partial charge in [0.05, 0.1) is 0 Å². The molecule has 0 aromatic heterocycles. The molecule has 15 heavy (non-hydrogen) atoms. The summed E-state index contributed by atoms with van der Waals surface area (Å²) in [6.45, 7) is 5.39. The monoisotopic (exact) mass is 213 g/mol. The van der Waals surface area contributed by atoms with Crippen molar-refractivity contribution in [3.05, 3.63) is 0 Å². The van der Waals surface area contributed by atoms with E-state index in [0.717, 1.165) is 25.8 Å². The first-order chi connectivity index (χ1) is 7.15. The van der Waals surface area contributed by atoms with Crippen LogP contribution in [0, 0.1) is 5.41 Å². The highest BCUT2D eigenvalue weighted by Gasteiger charge is 2.43. The highest BCUT2D eigenvalue weighted by atomic mass is 16.4. The number of amidine groups is 1. The Balaban J connectivity index is 2.31. The summed E-state index contributed by atoms with van der Waals surface area (Å²) < 4.78 is 0. The summed E-state index contributed by atoms with van der Waals surface area (Å²) in [6, 6.07) is 0.606. The van der Waals surface area contributed by atoms with Crippen LogP contribution in [-0.4, -0.2) is 23.6 Å². The fraction of sp³-hybridized carbons (Fsp3) is 0.909. The molecule has 4 nitrogen and oxygen atoms in total. The lowest BCUT2D eigenvalue weighted by Crippen LogP contribution is -2.35. The highest BCUT2D eigenvalue weighted by molar-refractivity contribution is 5.80. The lowest BCUT2D eigenvalue weighted by molar-refractivity contribution is 0.313. The smallest absolute Gasteiger partial charge is 0.139 e. The topological polar surface area (TPSA) is 70.6 Å². The maximum atomic E-state index is 8.54. The molecule has 1 aliphatic rings. The van der Waals surface area contributed by atoms with E-state index in [9.17, 15) is 0 Å². The van der Waals surface area contributed by atoms with Crippen molar-refractivity contribution in [1.29, 1.82) is 0 Å². The van der Waals surface area contributed by atoms with E-state index in [1.54, 1.807) is 0 Å². The van der Waals surface area contributed by atoms with Crippen LogP contribution in [0.5, 0.6) is 0 Å². The quantitative estimate of drug-likeness (QED) is 0.261. The average molecular weight is 213 g/mol. The molecular weight excluding hydrogens is 190 g/mol. The Bertz CT molecular complexity index is 220. The van der Waals surface area contributed by atoms with Crippen LogP contribution in [0.2, 0.25) is 0 Å². The minimum Gasteiger partial charge on any atom is -0.409 e. The van der Waals surface area contributed by atoms with Gasteiger partial charge in [-0.05, 0) is 31.1 Å². The molecule has 0 aromatic rings. The van der Waals surface area contributed by atoms with E-state index in [1.807, 2.05) is 0 Å². The third-order valence-corrected chi connectivity index (χ3v) is 3.39. The van der Waals surface area contributed by atoms with Gasteiger partial charge in [0.1, 0.15) is 5.84 Å². The Morgan fingerprint density at radius 2 is 2.07 bits per heavy atom. The fourth-order valence-electron chi connectivity index (χ4n) is 1.95. The van der Waals surface area contributed by atoms with Crippen molar-refractivity contribution >= 4 is 5.84 Å². The largest absolute Gasteiger partial charge is 0.409 e. The Hall–Kier alpha value is -0.770. The first-order valence-corrected chi connectivity index (χ1v) is 5.85. The summed E-state index contributed by atoms with van der Waals surface area (Å²) in [7, 11) is 0. The molecule has 0 unspecified atom stereocenters. The molecule has 4 N–H and O–H groups in total. The Morgan fingerprint density at radius 3 is 2.47 bits per heavy atom. The second-order valence-electron chi connectivity index (χ2n) is 4.66. The van der Waals surface area contributed by atoms with Crippen molar-refractivity contribution < 1.29 is 5.21 Å². The van der Waals surface area contributed by atoms with Gasteiger partial charge in [0.25, 0.3) is 0 Å². The zero-order valence-corrected chi connectivity index (χ0v) is 9.79. The average Bonchev–Trinajstić information content (AvgIpc) is 3.00. The Labute approximate surface area is 91.9 Å². The number of hydrogen-bond acceptors (Lipinski definition) is 3. The first-order valence-electron chi connectivity index (χ1n) is 5.85. The van der Waals surface area contributed by atoms with Crippen molar-refractivity contribution in [2.75, 3.05) is 6.54 Å². The zero-order chi connectivity index (χ0) is 11.3. The van der Waals surface area contributed by atoms with Gasteiger partial charge in [-0.1, -0.05) is 19.0 Å².